The maximum Gasteiger partial charge on any atom is 0.266 e. The number of carbonyl (C=O) groups is 1. The van der Waals surface area contributed by atoms with Gasteiger partial charge < -0.3 is 4.90 Å². The van der Waals surface area contributed by atoms with Crippen molar-refractivity contribution in [2.24, 2.45) is 5.92 Å². The molecule has 1 amide bonds. The quantitative estimate of drug-likeness (QED) is 0.299. The smallest absolute Gasteiger partial charge is 0.266 e. The maximum atomic E-state index is 13.7. The Labute approximate surface area is 208 Å². The summed E-state index contributed by atoms with van der Waals surface area (Å²) in [6.45, 7) is 6.54. The largest absolute Gasteiger partial charge is 0.329 e. The Morgan fingerprint density at radius 1 is 1.00 bits per heavy atom. The molecule has 0 saturated carbocycles. The number of hydrogen-bond acceptors (Lipinski definition) is 3. The Morgan fingerprint density at radius 2 is 1.66 bits per heavy atom. The summed E-state index contributed by atoms with van der Waals surface area (Å²) in [5.74, 6) is 0.197. The van der Waals surface area contributed by atoms with Crippen LogP contribution in [0.3, 0.4) is 0 Å². The van der Waals surface area contributed by atoms with Crippen molar-refractivity contribution in [1.29, 1.82) is 0 Å². The molecule has 0 fully saturated rings. The van der Waals surface area contributed by atoms with Crippen molar-refractivity contribution < 1.29 is 9.18 Å². The molecule has 7 heteroatoms. The van der Waals surface area contributed by atoms with Gasteiger partial charge >= 0.3 is 0 Å². The molecule has 180 valence electrons. The van der Waals surface area contributed by atoms with E-state index in [1.54, 1.807) is 59.5 Å². The molecule has 0 radical (unpaired) electrons. The molecule has 4 rings (SSSR count). The lowest BCUT2D eigenvalue weighted by atomic mass is 10.1. The molecule has 0 aliphatic rings. The minimum absolute atomic E-state index is 0.178. The Kier molecular flexibility index (Phi) is 7.31. The first kappa shape index (κ1) is 24.6. The van der Waals surface area contributed by atoms with Crippen LogP contribution >= 0.6 is 11.6 Å². The standard InChI is InChI=1S/C28H27ClFN3O2/c1-18(2)16-17-32(27(34)20-8-10-21(29)11-9-20)19(3)26-31-25-7-5-4-6-24(25)28(35)33(26)23-14-12-22(30)13-15-23/h4-15,18-19H,16-17H2,1-3H3. The fourth-order valence-electron chi connectivity index (χ4n) is 4.04. The van der Waals surface area contributed by atoms with Crippen molar-refractivity contribution in [3.63, 3.8) is 0 Å². The van der Waals surface area contributed by atoms with Gasteiger partial charge in [-0.05, 0) is 79.9 Å². The van der Waals surface area contributed by atoms with Crippen LogP contribution in [0, 0.1) is 11.7 Å². The van der Waals surface area contributed by atoms with Gasteiger partial charge in [-0.3, -0.25) is 14.2 Å². The summed E-state index contributed by atoms with van der Waals surface area (Å²) in [7, 11) is 0. The first-order valence-electron chi connectivity index (χ1n) is 11.6. The number of para-hydroxylation sites is 1. The van der Waals surface area contributed by atoms with Crippen LogP contribution in [0.4, 0.5) is 4.39 Å². The van der Waals surface area contributed by atoms with E-state index in [-0.39, 0.29) is 11.5 Å². The first-order chi connectivity index (χ1) is 16.8. The maximum absolute atomic E-state index is 13.7. The fourth-order valence-corrected chi connectivity index (χ4v) is 4.16. The Bertz CT molecular complexity index is 1400. The fraction of sp³-hybridized carbons (Fsp3) is 0.250. The van der Waals surface area contributed by atoms with E-state index in [4.69, 9.17) is 16.6 Å². The monoisotopic (exact) mass is 491 g/mol. The van der Waals surface area contributed by atoms with Crippen LogP contribution < -0.4 is 5.56 Å². The molecule has 3 aromatic carbocycles. The van der Waals surface area contributed by atoms with E-state index in [1.165, 1.54) is 16.7 Å². The molecule has 1 unspecified atom stereocenters. The average Bonchev–Trinajstić information content (AvgIpc) is 2.85. The molecule has 1 heterocycles. The minimum atomic E-state index is -0.542. The van der Waals surface area contributed by atoms with E-state index in [2.05, 4.69) is 13.8 Å². The van der Waals surface area contributed by atoms with Crippen molar-refractivity contribution in [3.05, 3.63) is 105 Å². The predicted molar refractivity (Wildman–Crippen MR) is 138 cm³/mol. The normalized spacial score (nSPS) is 12.2. The van der Waals surface area contributed by atoms with Gasteiger partial charge in [0.25, 0.3) is 11.5 Å². The molecular weight excluding hydrogens is 465 g/mol. The van der Waals surface area contributed by atoms with Crippen LogP contribution in [0.15, 0.2) is 77.6 Å². The summed E-state index contributed by atoms with van der Waals surface area (Å²) in [6, 6.07) is 19.0. The lowest BCUT2D eigenvalue weighted by Gasteiger charge is -2.31. The third kappa shape index (κ3) is 5.28. The minimum Gasteiger partial charge on any atom is -0.329 e. The van der Waals surface area contributed by atoms with Gasteiger partial charge in [0.05, 0.1) is 22.6 Å². The number of halogens is 2. The highest BCUT2D eigenvalue weighted by molar-refractivity contribution is 6.30. The van der Waals surface area contributed by atoms with Gasteiger partial charge in [0, 0.05) is 17.1 Å². The van der Waals surface area contributed by atoms with E-state index < -0.39 is 11.9 Å². The van der Waals surface area contributed by atoms with E-state index in [0.717, 1.165) is 6.42 Å². The SMILES string of the molecule is CC(C)CCN(C(=O)c1ccc(Cl)cc1)C(C)c1nc2ccccc2c(=O)n1-c1ccc(F)cc1. The predicted octanol–water partition coefficient (Wildman–Crippen LogP) is 6.43. The summed E-state index contributed by atoms with van der Waals surface area (Å²) in [6.07, 6.45) is 0.776. The third-order valence-electron chi connectivity index (χ3n) is 6.03. The van der Waals surface area contributed by atoms with E-state index in [1.807, 2.05) is 13.0 Å². The number of rotatable bonds is 7. The van der Waals surface area contributed by atoms with E-state index in [0.29, 0.717) is 45.5 Å². The summed E-state index contributed by atoms with van der Waals surface area (Å²) in [4.78, 5) is 33.8. The molecule has 0 aliphatic heterocycles. The van der Waals surface area contributed by atoms with Gasteiger partial charge in [-0.2, -0.15) is 0 Å². The van der Waals surface area contributed by atoms with Crippen LogP contribution in [0.2, 0.25) is 5.02 Å². The summed E-state index contributed by atoms with van der Waals surface area (Å²) < 4.78 is 15.2. The molecule has 0 aliphatic carbocycles. The van der Waals surface area contributed by atoms with Crippen LogP contribution in [0.25, 0.3) is 16.6 Å². The van der Waals surface area contributed by atoms with Crippen molar-refractivity contribution in [2.45, 2.75) is 33.2 Å². The molecule has 0 bridgehead atoms. The second kappa shape index (κ2) is 10.4. The molecule has 4 aromatic rings. The van der Waals surface area contributed by atoms with Crippen LogP contribution in [-0.2, 0) is 0 Å². The number of aromatic nitrogens is 2. The topological polar surface area (TPSA) is 55.2 Å². The van der Waals surface area contributed by atoms with Crippen LogP contribution in [0.5, 0.6) is 0 Å². The number of nitrogens with zero attached hydrogens (tertiary/aromatic N) is 3. The Hall–Kier alpha value is -3.51. The molecular formula is C28H27ClFN3O2. The van der Waals surface area contributed by atoms with Gasteiger partial charge in [-0.15, -0.1) is 0 Å². The number of amides is 1. The zero-order valence-electron chi connectivity index (χ0n) is 19.9. The van der Waals surface area contributed by atoms with Gasteiger partial charge in [-0.1, -0.05) is 37.6 Å². The van der Waals surface area contributed by atoms with Crippen molar-refractivity contribution >= 4 is 28.4 Å². The Balaban J connectivity index is 1.88. The lowest BCUT2D eigenvalue weighted by molar-refractivity contribution is 0.0671. The van der Waals surface area contributed by atoms with Gasteiger partial charge in [-0.25, -0.2) is 9.37 Å². The first-order valence-corrected chi connectivity index (χ1v) is 12.0. The zero-order valence-corrected chi connectivity index (χ0v) is 20.7. The highest BCUT2D eigenvalue weighted by Crippen LogP contribution is 2.26. The summed E-state index contributed by atoms with van der Waals surface area (Å²) in [5.41, 5.74) is 1.26. The van der Waals surface area contributed by atoms with Crippen LogP contribution in [0.1, 0.15) is 49.4 Å². The average molecular weight is 492 g/mol. The molecule has 0 spiro atoms. The molecule has 0 N–H and O–H groups in total. The highest BCUT2D eigenvalue weighted by Gasteiger charge is 2.27. The zero-order chi connectivity index (χ0) is 25.1. The second-order valence-electron chi connectivity index (χ2n) is 8.97. The lowest BCUT2D eigenvalue weighted by Crippen LogP contribution is -2.38. The summed E-state index contributed by atoms with van der Waals surface area (Å²) >= 11 is 6.03. The molecule has 1 atom stereocenters. The number of fused-ring (bicyclic) bond motifs is 1. The van der Waals surface area contributed by atoms with Crippen LogP contribution in [-0.4, -0.2) is 26.9 Å². The molecule has 5 nitrogen and oxygen atoms in total. The van der Waals surface area contributed by atoms with E-state index >= 15 is 0 Å². The second-order valence-corrected chi connectivity index (χ2v) is 9.40. The Morgan fingerprint density at radius 3 is 2.31 bits per heavy atom. The molecule has 0 saturated heterocycles. The van der Waals surface area contributed by atoms with Gasteiger partial charge in [0.1, 0.15) is 11.6 Å². The van der Waals surface area contributed by atoms with Gasteiger partial charge in [0.15, 0.2) is 0 Å². The number of carbonyl (C=O) groups excluding carboxylic acids is 1. The molecule has 1 aromatic heterocycles. The third-order valence-corrected chi connectivity index (χ3v) is 6.28. The van der Waals surface area contributed by atoms with Crippen molar-refractivity contribution in [1.82, 2.24) is 14.5 Å². The van der Waals surface area contributed by atoms with Gasteiger partial charge in [0.2, 0.25) is 0 Å². The number of benzene rings is 3. The molecule has 35 heavy (non-hydrogen) atoms. The highest BCUT2D eigenvalue weighted by atomic mass is 35.5. The number of hydrogen-bond donors (Lipinski definition) is 0. The van der Waals surface area contributed by atoms with E-state index in [9.17, 15) is 14.0 Å². The van der Waals surface area contributed by atoms with Crippen molar-refractivity contribution in [2.75, 3.05) is 6.54 Å². The van der Waals surface area contributed by atoms with Crippen molar-refractivity contribution in [3.8, 4) is 5.69 Å². The summed E-state index contributed by atoms with van der Waals surface area (Å²) in [5, 5.41) is 0.996.